The Morgan fingerprint density at radius 2 is 0.632 bits per heavy atom. The average molecular weight is 843 g/mol. The van der Waals surface area contributed by atoms with Crippen LogP contribution in [0.1, 0.15) is 0 Å². The minimum atomic E-state index is -2.04. The van der Waals surface area contributed by atoms with Gasteiger partial charge in [-0.3, -0.25) is 0 Å². The highest BCUT2D eigenvalue weighted by atomic mass is 16.8. The van der Waals surface area contributed by atoms with Crippen molar-refractivity contribution in [3.8, 4) is 0 Å². The van der Waals surface area contributed by atoms with Crippen LogP contribution in [0.15, 0.2) is 0 Å². The van der Waals surface area contributed by atoms with Crippen LogP contribution in [-0.2, 0) is 47.4 Å². The molecule has 0 aromatic rings. The van der Waals surface area contributed by atoms with Crippen molar-refractivity contribution in [1.82, 2.24) is 0 Å². The largest absolute Gasteiger partial charge is 0.394 e. The Hall–Kier alpha value is -1.04. The average Bonchev–Trinajstić information content (AvgIpc) is 3.20. The zero-order valence-electron chi connectivity index (χ0n) is 30.2. The fraction of sp³-hybridized carbons (Fsp3) is 1.00. The van der Waals surface area contributed by atoms with E-state index in [1.165, 1.54) is 0 Å². The minimum absolute atomic E-state index is 0.757. The van der Waals surface area contributed by atoms with Crippen LogP contribution < -0.4 is 0 Å². The van der Waals surface area contributed by atoms with E-state index in [9.17, 15) is 81.7 Å². The molecule has 0 aromatic heterocycles. The molecule has 25 atom stereocenters. The maximum atomic E-state index is 11.4. The molecule has 0 aromatic carbocycles. The molecule has 26 nitrogen and oxygen atoms in total. The van der Waals surface area contributed by atoms with Crippen LogP contribution in [-0.4, -0.2) is 275 Å². The summed E-state index contributed by atoms with van der Waals surface area (Å²) in [6, 6.07) is 0. The van der Waals surface area contributed by atoms with E-state index in [0.29, 0.717) is 0 Å². The summed E-state index contributed by atoms with van der Waals surface area (Å²) in [6.45, 7) is -3.98. The van der Waals surface area contributed by atoms with Gasteiger partial charge < -0.3 is 129 Å². The van der Waals surface area contributed by atoms with Gasteiger partial charge in [0, 0.05) is 7.11 Å². The second-order valence-electron chi connectivity index (χ2n) is 14.2. The molecule has 0 aliphatic carbocycles. The van der Waals surface area contributed by atoms with Gasteiger partial charge in [0.1, 0.15) is 122 Å². The maximum absolute atomic E-state index is 11.4. The Bertz CT molecular complexity index is 1220. The third-order valence-corrected chi connectivity index (χ3v) is 10.5. The van der Waals surface area contributed by atoms with Gasteiger partial charge in [0.05, 0.1) is 33.0 Å². The van der Waals surface area contributed by atoms with Gasteiger partial charge in [-0.2, -0.15) is 0 Å². The first kappa shape index (κ1) is 47.0. The van der Waals surface area contributed by atoms with Crippen LogP contribution >= 0.6 is 0 Å². The molecule has 334 valence electrons. The van der Waals surface area contributed by atoms with Crippen molar-refractivity contribution >= 4 is 0 Å². The lowest BCUT2D eigenvalue weighted by atomic mass is 9.96. The highest BCUT2D eigenvalue weighted by molar-refractivity contribution is 4.97. The summed E-state index contributed by atoms with van der Waals surface area (Å²) in [4.78, 5) is 0. The van der Waals surface area contributed by atoms with E-state index in [-0.39, 0.29) is 0 Å². The molecule has 0 spiro atoms. The smallest absolute Gasteiger partial charge is 0.187 e. The van der Waals surface area contributed by atoms with Crippen molar-refractivity contribution in [3.05, 3.63) is 0 Å². The first-order valence-corrected chi connectivity index (χ1v) is 18.0. The lowest BCUT2D eigenvalue weighted by molar-refractivity contribution is -0.376. The van der Waals surface area contributed by atoms with Gasteiger partial charge in [-0.1, -0.05) is 0 Å². The van der Waals surface area contributed by atoms with E-state index in [1.54, 1.807) is 0 Å². The van der Waals surface area contributed by atoms with E-state index in [1.807, 2.05) is 0 Å². The van der Waals surface area contributed by atoms with Gasteiger partial charge in [0.25, 0.3) is 0 Å². The second kappa shape index (κ2) is 20.2. The molecule has 5 fully saturated rings. The maximum Gasteiger partial charge on any atom is 0.187 e. The zero-order valence-corrected chi connectivity index (χ0v) is 30.2. The minimum Gasteiger partial charge on any atom is -0.394 e. The summed E-state index contributed by atoms with van der Waals surface area (Å²) in [6.07, 6.45) is -44.3. The van der Waals surface area contributed by atoms with Gasteiger partial charge in [-0.05, 0) is 0 Å². The molecule has 0 unspecified atom stereocenters. The van der Waals surface area contributed by atoms with Gasteiger partial charge >= 0.3 is 0 Å². The molecule has 16 N–H and O–H groups in total. The fourth-order valence-corrected chi connectivity index (χ4v) is 6.99. The lowest BCUT2D eigenvalue weighted by Gasteiger charge is -2.47. The molecule has 0 radical (unpaired) electrons. The third-order valence-electron chi connectivity index (χ3n) is 10.5. The summed E-state index contributed by atoms with van der Waals surface area (Å²) >= 11 is 0. The van der Waals surface area contributed by atoms with E-state index < -0.39 is 187 Å². The second-order valence-corrected chi connectivity index (χ2v) is 14.2. The summed E-state index contributed by atoms with van der Waals surface area (Å²) in [5, 5.41) is 166. The molecule has 5 saturated heterocycles. The van der Waals surface area contributed by atoms with Gasteiger partial charge in [0.15, 0.2) is 31.5 Å². The Morgan fingerprint density at radius 3 is 1.00 bits per heavy atom. The molecule has 0 saturated carbocycles. The van der Waals surface area contributed by atoms with Crippen molar-refractivity contribution in [2.75, 3.05) is 40.1 Å². The Balaban J connectivity index is 1.33. The van der Waals surface area contributed by atoms with Crippen LogP contribution in [0.25, 0.3) is 0 Å². The standard InChI is InChI=1S/C31H54O26/c1-48-27-23(46)25(56-30-21(44)18(41)13(36)8(3-33)52-30)15(38)10(54-27)5-50-29-24(47)26(57-31-22(45)19(42)14(37)9(4-34)53-31)16(39)11(55-29)6-49-28-20(43)17(40)12(35)7(2-32)51-28/h7-47H,2-6H2,1H3/t7-,8-,9-,10-,11-,12-,13-,14-,15-,16-,17+,18+,19+,20+,21+,22+,23+,24+,25+,26+,27+,28+,29+,30-,31-/m1/s1. The van der Waals surface area contributed by atoms with Crippen molar-refractivity contribution in [2.45, 2.75) is 154 Å². The number of aliphatic hydroxyl groups is 16. The quantitative estimate of drug-likeness (QED) is 0.0772. The number of ether oxygens (including phenoxy) is 10. The first-order chi connectivity index (χ1) is 27.0. The normalized spacial score (nSPS) is 52.5. The molecule has 0 bridgehead atoms. The molecule has 5 aliphatic heterocycles. The number of hydrogen-bond acceptors (Lipinski definition) is 26. The van der Waals surface area contributed by atoms with Gasteiger partial charge in [0.2, 0.25) is 0 Å². The molecule has 5 aliphatic rings. The van der Waals surface area contributed by atoms with Crippen LogP contribution in [0.4, 0.5) is 0 Å². The molecular formula is C31H54O26. The lowest BCUT2D eigenvalue weighted by Crippen LogP contribution is -2.66. The monoisotopic (exact) mass is 842 g/mol. The first-order valence-electron chi connectivity index (χ1n) is 18.0. The highest BCUT2D eigenvalue weighted by Gasteiger charge is 2.54. The Morgan fingerprint density at radius 1 is 0.333 bits per heavy atom. The van der Waals surface area contributed by atoms with Crippen LogP contribution in [0.2, 0.25) is 0 Å². The van der Waals surface area contributed by atoms with E-state index >= 15 is 0 Å². The summed E-state index contributed by atoms with van der Waals surface area (Å²) in [7, 11) is 1.12. The van der Waals surface area contributed by atoms with Crippen molar-refractivity contribution in [2.24, 2.45) is 0 Å². The zero-order chi connectivity index (χ0) is 42.0. The van der Waals surface area contributed by atoms with Crippen molar-refractivity contribution in [1.29, 1.82) is 0 Å². The SMILES string of the molecule is CO[C@H]1O[C@H](CO[C@H]2O[C@H](CO[C@H]3O[C@H](CO)[C@@H](O)[C@H](O)[C@@H]3O)[C@@H](O)[C@H](O[C@H]3O[C@H](CO)[C@@H](O)[C@H](O)[C@@H]3O)[C@@H]2O)[C@@H](O)[C@H](O[C@H]2O[C@H](CO)[C@@H](O)[C@H](O)[C@@H]2O)[C@@H]1O. The molecule has 5 rings (SSSR count). The predicted octanol–water partition coefficient (Wildman–Crippen LogP) is -11.3. The van der Waals surface area contributed by atoms with Gasteiger partial charge in [-0.25, -0.2) is 0 Å². The predicted molar refractivity (Wildman–Crippen MR) is 171 cm³/mol. The number of aliphatic hydroxyl groups excluding tert-OH is 16. The summed E-state index contributed by atoms with van der Waals surface area (Å²) in [5.74, 6) is 0. The number of rotatable bonds is 14. The van der Waals surface area contributed by atoms with E-state index in [4.69, 9.17) is 47.4 Å². The number of methoxy groups -OCH3 is 1. The topological polar surface area (TPSA) is 416 Å². The third kappa shape index (κ3) is 9.87. The van der Waals surface area contributed by atoms with Crippen LogP contribution in [0.3, 0.4) is 0 Å². The number of hydrogen-bond donors (Lipinski definition) is 16. The Kier molecular flexibility index (Phi) is 16.7. The highest BCUT2D eigenvalue weighted by Crippen LogP contribution is 2.33. The molecule has 5 heterocycles. The van der Waals surface area contributed by atoms with Crippen LogP contribution in [0.5, 0.6) is 0 Å². The van der Waals surface area contributed by atoms with Gasteiger partial charge in [-0.15, -0.1) is 0 Å². The van der Waals surface area contributed by atoms with Crippen molar-refractivity contribution < 1.29 is 129 Å². The molecular weight excluding hydrogens is 788 g/mol. The molecule has 57 heavy (non-hydrogen) atoms. The van der Waals surface area contributed by atoms with E-state index in [2.05, 4.69) is 0 Å². The summed E-state index contributed by atoms with van der Waals surface area (Å²) in [5.41, 5.74) is 0. The summed E-state index contributed by atoms with van der Waals surface area (Å²) < 4.78 is 55.0. The van der Waals surface area contributed by atoms with Crippen LogP contribution in [0, 0.1) is 0 Å². The Labute approximate surface area is 323 Å². The van der Waals surface area contributed by atoms with E-state index in [0.717, 1.165) is 7.11 Å². The fourth-order valence-electron chi connectivity index (χ4n) is 6.99. The van der Waals surface area contributed by atoms with Crippen molar-refractivity contribution in [3.63, 3.8) is 0 Å². The molecule has 0 amide bonds. The molecule has 26 heteroatoms.